The van der Waals surface area contributed by atoms with Crippen LogP contribution in [0, 0.1) is 23.7 Å². The largest absolute Gasteiger partial charge is 0.336 e. The van der Waals surface area contributed by atoms with Gasteiger partial charge in [-0.2, -0.15) is 0 Å². The standard InChI is InChI=1S/C23H32N4O/c1-6-18-16-15-20-17(11-10-14-25(20)5)23(4)13-9-12-19(21(16)23)27(18)24-22(28)26(7-2)8-3/h1,9,12-13,17-18,20H,7-8,10-11,14-15H2,2-5H3,(H,24,28)/t17-,18?,20+,23?/m0/s1. The first kappa shape index (κ1) is 19.1. The third-order valence-corrected chi connectivity index (χ3v) is 7.34. The summed E-state index contributed by atoms with van der Waals surface area (Å²) in [6, 6.07) is 0.212. The van der Waals surface area contributed by atoms with Crippen LogP contribution in [0.4, 0.5) is 4.79 Å². The maximum absolute atomic E-state index is 12.8. The van der Waals surface area contributed by atoms with Crippen LogP contribution in [0.2, 0.25) is 0 Å². The molecule has 2 heterocycles. The zero-order valence-corrected chi connectivity index (χ0v) is 17.5. The van der Waals surface area contributed by atoms with Crippen LogP contribution in [0.3, 0.4) is 0 Å². The number of likely N-dealkylation sites (tertiary alicyclic amines) is 1. The Morgan fingerprint density at radius 3 is 2.86 bits per heavy atom. The summed E-state index contributed by atoms with van der Waals surface area (Å²) in [5.41, 5.74) is 6.85. The van der Waals surface area contributed by atoms with Crippen LogP contribution in [0.25, 0.3) is 0 Å². The second-order valence-electron chi connectivity index (χ2n) is 8.62. The van der Waals surface area contributed by atoms with Crippen molar-refractivity contribution in [2.45, 2.75) is 52.1 Å². The highest BCUT2D eigenvalue weighted by Crippen LogP contribution is 2.58. The van der Waals surface area contributed by atoms with E-state index >= 15 is 0 Å². The predicted octanol–water partition coefficient (Wildman–Crippen LogP) is 3.14. The number of carbonyl (C=O) groups is 1. The van der Waals surface area contributed by atoms with Crippen molar-refractivity contribution in [3.05, 3.63) is 35.1 Å². The Hall–Kier alpha value is -2.19. The van der Waals surface area contributed by atoms with Gasteiger partial charge in [-0.05, 0) is 69.8 Å². The van der Waals surface area contributed by atoms with Gasteiger partial charge in [-0.3, -0.25) is 5.01 Å². The topological polar surface area (TPSA) is 38.8 Å². The molecule has 2 aliphatic carbocycles. The van der Waals surface area contributed by atoms with Crippen molar-refractivity contribution < 1.29 is 4.79 Å². The molecule has 4 atom stereocenters. The third kappa shape index (κ3) is 2.62. The molecule has 2 amide bonds. The molecule has 0 saturated carbocycles. The summed E-state index contributed by atoms with van der Waals surface area (Å²) in [5.74, 6) is 3.57. The first-order valence-corrected chi connectivity index (χ1v) is 10.6. The molecule has 4 aliphatic rings. The summed E-state index contributed by atoms with van der Waals surface area (Å²) in [4.78, 5) is 17.1. The molecular weight excluding hydrogens is 348 g/mol. The van der Waals surface area contributed by atoms with Crippen LogP contribution >= 0.6 is 0 Å². The normalized spacial score (nSPS) is 33.8. The molecule has 0 aromatic carbocycles. The van der Waals surface area contributed by atoms with E-state index in [1.165, 1.54) is 24.0 Å². The van der Waals surface area contributed by atoms with E-state index in [1.807, 2.05) is 18.9 Å². The Bertz CT molecular complexity index is 800. The minimum atomic E-state index is -0.212. The highest BCUT2D eigenvalue weighted by atomic mass is 16.2. The molecule has 5 heteroatoms. The van der Waals surface area contributed by atoms with E-state index in [2.05, 4.69) is 48.4 Å². The van der Waals surface area contributed by atoms with Gasteiger partial charge in [-0.1, -0.05) is 25.0 Å². The molecule has 28 heavy (non-hydrogen) atoms. The average Bonchev–Trinajstić information content (AvgIpc) is 2.98. The number of fused-ring (bicyclic) bond motifs is 2. The van der Waals surface area contributed by atoms with Gasteiger partial charge in [-0.15, -0.1) is 6.42 Å². The first-order chi connectivity index (χ1) is 13.5. The Kier molecular flexibility index (Phi) is 4.79. The van der Waals surface area contributed by atoms with Crippen molar-refractivity contribution in [3.8, 4) is 12.3 Å². The lowest BCUT2D eigenvalue weighted by molar-refractivity contribution is 0.0598. The Morgan fingerprint density at radius 1 is 1.43 bits per heavy atom. The summed E-state index contributed by atoms with van der Waals surface area (Å²) in [5, 5.41) is 1.95. The number of urea groups is 1. The van der Waals surface area contributed by atoms with Crippen molar-refractivity contribution in [2.24, 2.45) is 11.3 Å². The van der Waals surface area contributed by atoms with Crippen molar-refractivity contribution in [3.63, 3.8) is 0 Å². The number of amides is 2. The van der Waals surface area contributed by atoms with Crippen molar-refractivity contribution >= 4 is 6.03 Å². The maximum atomic E-state index is 12.8. The fourth-order valence-electron chi connectivity index (χ4n) is 5.88. The van der Waals surface area contributed by atoms with E-state index in [0.29, 0.717) is 25.0 Å². The number of piperidine rings is 1. The number of hydrazine groups is 1. The molecular formula is C23H32N4O. The van der Waals surface area contributed by atoms with Crippen LogP contribution in [0.5, 0.6) is 0 Å². The van der Waals surface area contributed by atoms with Crippen LogP contribution in [-0.2, 0) is 0 Å². The Morgan fingerprint density at radius 2 is 2.18 bits per heavy atom. The average molecular weight is 381 g/mol. The van der Waals surface area contributed by atoms with Gasteiger partial charge < -0.3 is 9.80 Å². The molecule has 0 spiro atoms. The van der Waals surface area contributed by atoms with Gasteiger partial charge in [0.05, 0.1) is 5.70 Å². The lowest BCUT2D eigenvalue weighted by Crippen LogP contribution is -2.52. The lowest BCUT2D eigenvalue weighted by atomic mass is 9.58. The molecule has 0 aromatic heterocycles. The van der Waals surface area contributed by atoms with E-state index in [-0.39, 0.29) is 17.5 Å². The molecule has 0 bridgehead atoms. The zero-order chi connectivity index (χ0) is 20.1. The number of rotatable bonds is 3. The molecule has 1 N–H and O–H groups in total. The van der Waals surface area contributed by atoms with Gasteiger partial charge >= 0.3 is 6.03 Å². The Labute approximate surface area is 169 Å². The number of terminal acetylenes is 1. The lowest BCUT2D eigenvalue weighted by Gasteiger charge is -2.52. The highest BCUT2D eigenvalue weighted by molar-refractivity contribution is 5.74. The molecule has 2 aliphatic heterocycles. The molecule has 0 radical (unpaired) electrons. The summed E-state index contributed by atoms with van der Waals surface area (Å²) < 4.78 is 0. The van der Waals surface area contributed by atoms with Crippen LogP contribution < -0.4 is 5.43 Å². The van der Waals surface area contributed by atoms with Crippen LogP contribution in [0.15, 0.2) is 35.1 Å². The first-order valence-electron chi connectivity index (χ1n) is 10.6. The molecule has 150 valence electrons. The van der Waals surface area contributed by atoms with Gasteiger partial charge in [-0.25, -0.2) is 10.2 Å². The highest BCUT2D eigenvalue weighted by Gasteiger charge is 2.54. The van der Waals surface area contributed by atoms with Crippen molar-refractivity contribution in [1.29, 1.82) is 0 Å². The minimum Gasteiger partial charge on any atom is -0.324 e. The van der Waals surface area contributed by atoms with Crippen LogP contribution in [-0.4, -0.2) is 59.6 Å². The summed E-state index contributed by atoms with van der Waals surface area (Å²) in [6.45, 7) is 8.86. The summed E-state index contributed by atoms with van der Waals surface area (Å²) in [7, 11) is 2.24. The van der Waals surface area contributed by atoms with Gasteiger partial charge in [0, 0.05) is 24.5 Å². The minimum absolute atomic E-state index is 0.0270. The number of carbonyl (C=O) groups excluding carboxylic acids is 1. The maximum Gasteiger partial charge on any atom is 0.336 e. The van der Waals surface area contributed by atoms with E-state index in [4.69, 9.17) is 6.42 Å². The number of hydrogen-bond acceptors (Lipinski definition) is 3. The fraction of sp³-hybridized carbons (Fsp3) is 0.609. The van der Waals surface area contributed by atoms with Crippen LogP contribution in [0.1, 0.15) is 40.0 Å². The summed E-state index contributed by atoms with van der Waals surface area (Å²) >= 11 is 0. The molecule has 1 fully saturated rings. The van der Waals surface area contributed by atoms with E-state index < -0.39 is 0 Å². The second kappa shape index (κ2) is 7.00. The summed E-state index contributed by atoms with van der Waals surface area (Å²) in [6.07, 6.45) is 16.1. The fourth-order valence-corrected chi connectivity index (χ4v) is 5.88. The van der Waals surface area contributed by atoms with Gasteiger partial charge in [0.15, 0.2) is 0 Å². The third-order valence-electron chi connectivity index (χ3n) is 7.34. The second-order valence-corrected chi connectivity index (χ2v) is 8.62. The number of allylic oxidation sites excluding steroid dienone is 4. The Balaban J connectivity index is 1.73. The monoisotopic (exact) mass is 380 g/mol. The molecule has 1 saturated heterocycles. The quantitative estimate of drug-likeness (QED) is 0.765. The van der Waals surface area contributed by atoms with Gasteiger partial charge in [0.1, 0.15) is 6.04 Å². The molecule has 2 unspecified atom stereocenters. The smallest absolute Gasteiger partial charge is 0.324 e. The molecule has 0 aromatic rings. The molecule has 5 nitrogen and oxygen atoms in total. The van der Waals surface area contributed by atoms with E-state index in [9.17, 15) is 4.79 Å². The number of nitrogens with zero attached hydrogens (tertiary/aromatic N) is 3. The molecule has 4 rings (SSSR count). The zero-order valence-electron chi connectivity index (χ0n) is 17.5. The number of hydrogen-bond donors (Lipinski definition) is 1. The predicted molar refractivity (Wildman–Crippen MR) is 112 cm³/mol. The van der Waals surface area contributed by atoms with E-state index in [1.54, 1.807) is 4.90 Å². The van der Waals surface area contributed by atoms with E-state index in [0.717, 1.165) is 18.7 Å². The van der Waals surface area contributed by atoms with Crippen molar-refractivity contribution in [2.75, 3.05) is 26.7 Å². The SMILES string of the molecule is C#CC1C2=C3C(=CC=CC3(C)[C@H]3CCCN(C)[C@@H]3C2)N1NC(=O)N(CC)CC. The van der Waals surface area contributed by atoms with Crippen molar-refractivity contribution in [1.82, 2.24) is 20.2 Å². The van der Waals surface area contributed by atoms with Gasteiger partial charge in [0.25, 0.3) is 0 Å². The van der Waals surface area contributed by atoms with Gasteiger partial charge in [0.2, 0.25) is 0 Å². The number of nitrogens with one attached hydrogen (secondary N) is 1.